The first-order valence-corrected chi connectivity index (χ1v) is 8.26. The lowest BCUT2D eigenvalue weighted by Gasteiger charge is -2.18. The second-order valence-corrected chi connectivity index (χ2v) is 6.52. The van der Waals surface area contributed by atoms with E-state index in [1.807, 2.05) is 12.1 Å². The van der Waals surface area contributed by atoms with Crippen molar-refractivity contribution < 1.29 is 4.74 Å². The van der Waals surface area contributed by atoms with Gasteiger partial charge >= 0.3 is 0 Å². The molecule has 1 aromatic carbocycles. The summed E-state index contributed by atoms with van der Waals surface area (Å²) < 4.78 is 5.24. The Hall–Kier alpha value is -1.39. The molecule has 2 aromatic rings. The molecule has 0 spiro atoms. The molecule has 0 saturated heterocycles. The molecule has 1 N–H and O–H groups in total. The molecule has 0 aliphatic heterocycles. The summed E-state index contributed by atoms with van der Waals surface area (Å²) in [5.74, 6) is 0.897. The first kappa shape index (κ1) is 16.0. The van der Waals surface area contributed by atoms with Crippen LogP contribution in [0.1, 0.15) is 40.5 Å². The topological polar surface area (TPSA) is 34.2 Å². The van der Waals surface area contributed by atoms with Gasteiger partial charge in [0.25, 0.3) is 0 Å². The zero-order valence-corrected chi connectivity index (χ0v) is 14.1. The third-order valence-electron chi connectivity index (χ3n) is 3.61. The number of thiazole rings is 1. The SMILES string of the molecule is CCCNC(Cc1nc(C)c(C)s1)c1ccc(OC)cc1. The van der Waals surface area contributed by atoms with E-state index in [0.29, 0.717) is 6.04 Å². The van der Waals surface area contributed by atoms with Crippen molar-refractivity contribution in [3.63, 3.8) is 0 Å². The van der Waals surface area contributed by atoms with Gasteiger partial charge < -0.3 is 10.1 Å². The average Bonchev–Trinajstić information content (AvgIpc) is 2.82. The quantitative estimate of drug-likeness (QED) is 0.838. The van der Waals surface area contributed by atoms with E-state index in [2.05, 4.69) is 43.2 Å². The maximum Gasteiger partial charge on any atom is 0.118 e. The van der Waals surface area contributed by atoms with Gasteiger partial charge in [-0.2, -0.15) is 0 Å². The van der Waals surface area contributed by atoms with Gasteiger partial charge in [0.1, 0.15) is 5.75 Å². The molecule has 0 fully saturated rings. The third kappa shape index (κ3) is 4.29. The molecule has 0 aliphatic rings. The van der Waals surface area contributed by atoms with Crippen molar-refractivity contribution in [2.24, 2.45) is 0 Å². The number of benzene rings is 1. The molecule has 1 unspecified atom stereocenters. The Labute approximate surface area is 131 Å². The number of ether oxygens (including phenoxy) is 1. The number of rotatable bonds is 7. The summed E-state index contributed by atoms with van der Waals surface area (Å²) >= 11 is 1.80. The molecular weight excluding hydrogens is 280 g/mol. The van der Waals surface area contributed by atoms with Crippen molar-refractivity contribution in [2.75, 3.05) is 13.7 Å². The minimum Gasteiger partial charge on any atom is -0.497 e. The van der Waals surface area contributed by atoms with Crippen molar-refractivity contribution in [3.05, 3.63) is 45.4 Å². The standard InChI is InChI=1S/C17H24N2OS/c1-5-10-18-16(11-17-19-12(2)13(3)21-17)14-6-8-15(20-4)9-7-14/h6-9,16,18H,5,10-11H2,1-4H3. The van der Waals surface area contributed by atoms with Crippen LogP contribution in [-0.4, -0.2) is 18.6 Å². The summed E-state index contributed by atoms with van der Waals surface area (Å²) in [6.07, 6.45) is 2.06. The maximum absolute atomic E-state index is 5.24. The second-order valence-electron chi connectivity index (χ2n) is 5.23. The molecule has 114 valence electrons. The molecule has 0 saturated carbocycles. The van der Waals surface area contributed by atoms with Crippen LogP contribution in [0, 0.1) is 13.8 Å². The number of nitrogens with zero attached hydrogens (tertiary/aromatic N) is 1. The molecule has 2 rings (SSSR count). The Balaban J connectivity index is 2.16. The molecule has 3 nitrogen and oxygen atoms in total. The van der Waals surface area contributed by atoms with E-state index >= 15 is 0 Å². The van der Waals surface area contributed by atoms with E-state index in [1.165, 1.54) is 15.4 Å². The van der Waals surface area contributed by atoms with Gasteiger partial charge in [-0.15, -0.1) is 11.3 Å². The van der Waals surface area contributed by atoms with E-state index in [0.717, 1.165) is 30.8 Å². The van der Waals surface area contributed by atoms with Crippen LogP contribution in [0.15, 0.2) is 24.3 Å². The number of aryl methyl sites for hydroxylation is 2. The van der Waals surface area contributed by atoms with Crippen LogP contribution in [0.3, 0.4) is 0 Å². The fraction of sp³-hybridized carbons (Fsp3) is 0.471. The monoisotopic (exact) mass is 304 g/mol. The molecule has 0 radical (unpaired) electrons. The number of aromatic nitrogens is 1. The predicted molar refractivity (Wildman–Crippen MR) is 89.3 cm³/mol. The number of hydrogen-bond donors (Lipinski definition) is 1. The van der Waals surface area contributed by atoms with Gasteiger partial charge in [0.2, 0.25) is 0 Å². The van der Waals surface area contributed by atoms with Crippen LogP contribution in [0.4, 0.5) is 0 Å². The molecule has 1 heterocycles. The van der Waals surface area contributed by atoms with Crippen LogP contribution in [0.25, 0.3) is 0 Å². The fourth-order valence-electron chi connectivity index (χ4n) is 2.26. The molecule has 0 aliphatic carbocycles. The van der Waals surface area contributed by atoms with Crippen molar-refractivity contribution in [3.8, 4) is 5.75 Å². The highest BCUT2D eigenvalue weighted by Gasteiger charge is 2.14. The van der Waals surface area contributed by atoms with Crippen LogP contribution in [-0.2, 0) is 6.42 Å². The summed E-state index contributed by atoms with van der Waals surface area (Å²) in [6, 6.07) is 8.63. The molecule has 0 bridgehead atoms. The molecular formula is C17H24N2OS. The Kier molecular flexibility index (Phi) is 5.76. The number of nitrogens with one attached hydrogen (secondary N) is 1. The van der Waals surface area contributed by atoms with Gasteiger partial charge in [-0.05, 0) is 44.5 Å². The van der Waals surface area contributed by atoms with E-state index in [-0.39, 0.29) is 0 Å². The Morgan fingerprint density at radius 2 is 1.95 bits per heavy atom. The number of methoxy groups -OCH3 is 1. The summed E-state index contributed by atoms with van der Waals surface area (Å²) in [4.78, 5) is 5.99. The summed E-state index contributed by atoms with van der Waals surface area (Å²) in [7, 11) is 1.70. The average molecular weight is 304 g/mol. The first-order chi connectivity index (χ1) is 10.1. The first-order valence-electron chi connectivity index (χ1n) is 7.44. The smallest absolute Gasteiger partial charge is 0.118 e. The van der Waals surface area contributed by atoms with Gasteiger partial charge in [-0.25, -0.2) is 4.98 Å². The van der Waals surface area contributed by atoms with Crippen molar-refractivity contribution in [2.45, 2.75) is 39.7 Å². The largest absolute Gasteiger partial charge is 0.497 e. The van der Waals surface area contributed by atoms with Crippen LogP contribution in [0.2, 0.25) is 0 Å². The molecule has 21 heavy (non-hydrogen) atoms. The Bertz CT molecular complexity index is 543. The zero-order valence-electron chi connectivity index (χ0n) is 13.3. The normalized spacial score (nSPS) is 12.4. The van der Waals surface area contributed by atoms with E-state index in [4.69, 9.17) is 4.74 Å². The van der Waals surface area contributed by atoms with E-state index < -0.39 is 0 Å². The minimum absolute atomic E-state index is 0.306. The van der Waals surface area contributed by atoms with Gasteiger partial charge in [-0.3, -0.25) is 0 Å². The summed E-state index contributed by atoms with van der Waals surface area (Å²) in [5.41, 5.74) is 2.44. The van der Waals surface area contributed by atoms with Gasteiger partial charge in [0.05, 0.1) is 17.8 Å². The Morgan fingerprint density at radius 3 is 2.48 bits per heavy atom. The second kappa shape index (κ2) is 7.57. The van der Waals surface area contributed by atoms with Crippen molar-refractivity contribution >= 4 is 11.3 Å². The maximum atomic E-state index is 5.24. The van der Waals surface area contributed by atoms with Crippen molar-refractivity contribution in [1.82, 2.24) is 10.3 Å². The Morgan fingerprint density at radius 1 is 1.24 bits per heavy atom. The lowest BCUT2D eigenvalue weighted by atomic mass is 10.0. The van der Waals surface area contributed by atoms with Gasteiger partial charge in [0, 0.05) is 17.3 Å². The third-order valence-corrected chi connectivity index (χ3v) is 4.71. The molecule has 1 aromatic heterocycles. The lowest BCUT2D eigenvalue weighted by molar-refractivity contribution is 0.414. The summed E-state index contributed by atoms with van der Waals surface area (Å²) in [6.45, 7) is 7.42. The fourth-order valence-corrected chi connectivity index (χ4v) is 3.24. The minimum atomic E-state index is 0.306. The van der Waals surface area contributed by atoms with Gasteiger partial charge in [-0.1, -0.05) is 19.1 Å². The van der Waals surface area contributed by atoms with E-state index in [9.17, 15) is 0 Å². The molecule has 4 heteroatoms. The predicted octanol–water partition coefficient (Wildman–Crippen LogP) is 4.05. The van der Waals surface area contributed by atoms with E-state index in [1.54, 1.807) is 18.4 Å². The zero-order chi connectivity index (χ0) is 15.2. The molecule has 0 amide bonds. The number of hydrogen-bond acceptors (Lipinski definition) is 4. The van der Waals surface area contributed by atoms with Crippen LogP contribution in [0.5, 0.6) is 5.75 Å². The highest BCUT2D eigenvalue weighted by Crippen LogP contribution is 2.25. The van der Waals surface area contributed by atoms with Crippen LogP contribution >= 0.6 is 11.3 Å². The van der Waals surface area contributed by atoms with Crippen LogP contribution < -0.4 is 10.1 Å². The van der Waals surface area contributed by atoms with Crippen molar-refractivity contribution in [1.29, 1.82) is 0 Å². The van der Waals surface area contributed by atoms with Gasteiger partial charge in [0.15, 0.2) is 0 Å². The highest BCUT2D eigenvalue weighted by atomic mass is 32.1. The highest BCUT2D eigenvalue weighted by molar-refractivity contribution is 7.11. The summed E-state index contributed by atoms with van der Waals surface area (Å²) in [5, 5.41) is 4.83. The lowest BCUT2D eigenvalue weighted by Crippen LogP contribution is -2.24. The molecule has 1 atom stereocenters.